The summed E-state index contributed by atoms with van der Waals surface area (Å²) in [5, 5.41) is 18.2. The number of alkyl halides is 3. The highest BCUT2D eigenvalue weighted by atomic mass is 32.1. The highest BCUT2D eigenvalue weighted by Crippen LogP contribution is 2.47. The highest BCUT2D eigenvalue weighted by Gasteiger charge is 2.52. The number of nitriles is 1. The Morgan fingerprint density at radius 3 is 2.34 bits per heavy atom. The topological polar surface area (TPSA) is 67.6 Å². The molecule has 5 nitrogen and oxygen atoms in total. The van der Waals surface area contributed by atoms with Crippen LogP contribution in [0.5, 0.6) is 0 Å². The summed E-state index contributed by atoms with van der Waals surface area (Å²) in [4.78, 5) is 14.4. The van der Waals surface area contributed by atoms with Crippen molar-refractivity contribution in [2.45, 2.75) is 31.0 Å². The number of carboxylic acids is 1. The molecule has 1 aliphatic carbocycles. The van der Waals surface area contributed by atoms with Gasteiger partial charge in [-0.1, -0.05) is 12.1 Å². The average molecular weight is 457 g/mol. The van der Waals surface area contributed by atoms with Crippen LogP contribution in [0.15, 0.2) is 48.5 Å². The number of thiocarbonyl (C=S) groups is 1. The normalized spacial score (nSPS) is 17.6. The van der Waals surface area contributed by atoms with Crippen LogP contribution < -0.4 is 9.80 Å². The second-order valence-corrected chi connectivity index (χ2v) is 8.25. The molecule has 1 spiro atoms. The number of aliphatic carboxylic acids is 1. The zero-order valence-corrected chi connectivity index (χ0v) is 17.6. The molecule has 1 aliphatic heterocycles. The van der Waals surface area contributed by atoms with E-state index in [0.717, 1.165) is 37.1 Å². The van der Waals surface area contributed by atoms with Gasteiger partial charge in [-0.15, -0.1) is 0 Å². The van der Waals surface area contributed by atoms with Gasteiger partial charge in [-0.05, 0) is 73.5 Å². The molecule has 2 aromatic rings. The number of nitrogens with zero attached hydrogens (tertiary/aromatic N) is 3. The van der Waals surface area contributed by atoms with Gasteiger partial charge in [-0.2, -0.15) is 18.4 Å². The lowest BCUT2D eigenvalue weighted by Gasteiger charge is -2.45. The number of halogens is 3. The van der Waals surface area contributed by atoms with E-state index >= 15 is 0 Å². The summed E-state index contributed by atoms with van der Waals surface area (Å²) < 4.78 is 40.4. The number of benzene rings is 2. The Labute approximate surface area is 188 Å². The minimum atomic E-state index is -4.64. The number of anilines is 2. The predicted octanol–water partition coefficient (Wildman–Crippen LogP) is 5.21. The van der Waals surface area contributed by atoms with Crippen LogP contribution in [0.1, 0.15) is 36.0 Å². The number of hydrogen-bond acceptors (Lipinski definition) is 3. The van der Waals surface area contributed by atoms with Crippen LogP contribution in [0.3, 0.4) is 0 Å². The minimum Gasteiger partial charge on any atom is -0.478 e. The first kappa shape index (κ1) is 21.8. The zero-order valence-electron chi connectivity index (χ0n) is 16.8. The van der Waals surface area contributed by atoms with Crippen molar-refractivity contribution in [1.82, 2.24) is 0 Å². The molecule has 9 heteroatoms. The van der Waals surface area contributed by atoms with Crippen molar-refractivity contribution >= 4 is 40.8 Å². The van der Waals surface area contributed by atoms with Gasteiger partial charge in [0, 0.05) is 24.0 Å². The maximum Gasteiger partial charge on any atom is 0.417 e. The van der Waals surface area contributed by atoms with E-state index in [1.807, 2.05) is 17.0 Å². The molecular weight excluding hydrogens is 439 g/mol. The Balaban J connectivity index is 1.68. The third-order valence-electron chi connectivity index (χ3n) is 5.94. The molecule has 2 aliphatic rings. The van der Waals surface area contributed by atoms with Crippen LogP contribution in [-0.2, 0) is 11.0 Å². The van der Waals surface area contributed by atoms with Gasteiger partial charge >= 0.3 is 12.1 Å². The Hall–Kier alpha value is -3.38. The van der Waals surface area contributed by atoms with Gasteiger partial charge < -0.3 is 14.9 Å². The molecule has 32 heavy (non-hydrogen) atoms. The molecule has 0 bridgehead atoms. The summed E-state index contributed by atoms with van der Waals surface area (Å²) in [6, 6.07) is 12.5. The SMILES string of the molecule is N#Cc1ccc(N2CC3(CCC3)N(c3ccc(/C=C/C(=O)O)cc3)C2=S)cc1C(F)(F)F. The lowest BCUT2D eigenvalue weighted by Crippen LogP contribution is -2.52. The number of hydrogen-bond donors (Lipinski definition) is 1. The molecule has 4 rings (SSSR count). The van der Waals surface area contributed by atoms with E-state index in [1.54, 1.807) is 23.1 Å². The summed E-state index contributed by atoms with van der Waals surface area (Å²) >= 11 is 5.71. The standard InChI is InChI=1S/C23H18F3N3O2S/c24-23(25,26)19-12-18(8-5-16(19)13-27)28-14-22(10-1-11-22)29(21(28)32)17-6-2-15(3-7-17)4-9-20(30)31/h2-9,12H,1,10-11,14H2,(H,30,31)/b9-4+. The Morgan fingerprint density at radius 2 is 1.81 bits per heavy atom. The molecule has 1 heterocycles. The molecule has 0 amide bonds. The predicted molar refractivity (Wildman–Crippen MR) is 118 cm³/mol. The number of carboxylic acid groups (broad SMARTS) is 1. The van der Waals surface area contributed by atoms with Crippen molar-refractivity contribution in [1.29, 1.82) is 5.26 Å². The Morgan fingerprint density at radius 1 is 1.16 bits per heavy atom. The molecule has 1 saturated heterocycles. The van der Waals surface area contributed by atoms with Crippen molar-refractivity contribution in [2.75, 3.05) is 16.3 Å². The van der Waals surface area contributed by atoms with E-state index in [1.165, 1.54) is 18.2 Å². The zero-order chi connectivity index (χ0) is 23.1. The second kappa shape index (κ2) is 7.95. The maximum atomic E-state index is 13.5. The molecule has 1 saturated carbocycles. The van der Waals surface area contributed by atoms with Crippen molar-refractivity contribution in [3.05, 3.63) is 65.2 Å². The molecular formula is C23H18F3N3O2S. The highest BCUT2D eigenvalue weighted by molar-refractivity contribution is 7.80. The quantitative estimate of drug-likeness (QED) is 0.502. The smallest absolute Gasteiger partial charge is 0.417 e. The molecule has 0 atom stereocenters. The van der Waals surface area contributed by atoms with Crippen LogP contribution in [0, 0.1) is 11.3 Å². The lowest BCUT2D eigenvalue weighted by atomic mass is 9.76. The van der Waals surface area contributed by atoms with Crippen molar-refractivity contribution in [3.63, 3.8) is 0 Å². The van der Waals surface area contributed by atoms with Gasteiger partial charge in [0.05, 0.1) is 22.7 Å². The second-order valence-electron chi connectivity index (χ2n) is 7.88. The van der Waals surface area contributed by atoms with Gasteiger partial charge in [0.2, 0.25) is 0 Å². The van der Waals surface area contributed by atoms with Gasteiger partial charge in [0.25, 0.3) is 0 Å². The summed E-state index contributed by atoms with van der Waals surface area (Å²) in [5.74, 6) is -1.04. The summed E-state index contributed by atoms with van der Waals surface area (Å²) in [7, 11) is 0. The largest absolute Gasteiger partial charge is 0.478 e. The monoisotopic (exact) mass is 457 g/mol. The van der Waals surface area contributed by atoms with Crippen molar-refractivity contribution < 1.29 is 23.1 Å². The van der Waals surface area contributed by atoms with Gasteiger partial charge in [-0.25, -0.2) is 4.79 Å². The Bertz CT molecular complexity index is 1150. The maximum absolute atomic E-state index is 13.5. The van der Waals surface area contributed by atoms with Gasteiger partial charge in [-0.3, -0.25) is 0 Å². The fourth-order valence-electron chi connectivity index (χ4n) is 4.24. The third kappa shape index (κ3) is 3.82. The molecule has 2 fully saturated rings. The van der Waals surface area contributed by atoms with E-state index in [9.17, 15) is 18.0 Å². The van der Waals surface area contributed by atoms with E-state index in [2.05, 4.69) is 0 Å². The van der Waals surface area contributed by atoms with Crippen LogP contribution in [0.25, 0.3) is 6.08 Å². The molecule has 0 unspecified atom stereocenters. The average Bonchev–Trinajstić information content (AvgIpc) is 3.05. The molecule has 1 N–H and O–H groups in total. The molecule has 164 valence electrons. The van der Waals surface area contributed by atoms with Crippen molar-refractivity contribution in [3.8, 4) is 6.07 Å². The first-order valence-electron chi connectivity index (χ1n) is 9.89. The number of rotatable bonds is 4. The van der Waals surface area contributed by atoms with Crippen LogP contribution in [0.2, 0.25) is 0 Å². The number of carbonyl (C=O) groups is 1. The lowest BCUT2D eigenvalue weighted by molar-refractivity contribution is -0.137. The summed E-state index contributed by atoms with van der Waals surface area (Å²) in [5.41, 5.74) is 0.109. The van der Waals surface area contributed by atoms with E-state index < -0.39 is 23.3 Å². The van der Waals surface area contributed by atoms with Crippen LogP contribution >= 0.6 is 12.2 Å². The minimum absolute atomic E-state index is 0.302. The van der Waals surface area contributed by atoms with E-state index in [0.29, 0.717) is 22.9 Å². The van der Waals surface area contributed by atoms with Gasteiger partial charge in [0.15, 0.2) is 5.11 Å². The summed E-state index contributed by atoms with van der Waals surface area (Å²) in [6.07, 6.45) is 0.589. The van der Waals surface area contributed by atoms with Gasteiger partial charge in [0.1, 0.15) is 0 Å². The van der Waals surface area contributed by atoms with E-state index in [-0.39, 0.29) is 5.54 Å². The Kier molecular flexibility index (Phi) is 5.42. The fraction of sp³-hybridized carbons (Fsp3) is 0.261. The summed E-state index contributed by atoms with van der Waals surface area (Å²) in [6.45, 7) is 0.454. The first-order valence-corrected chi connectivity index (χ1v) is 10.3. The van der Waals surface area contributed by atoms with Crippen LogP contribution in [-0.4, -0.2) is 28.3 Å². The first-order chi connectivity index (χ1) is 15.1. The van der Waals surface area contributed by atoms with Crippen LogP contribution in [0.4, 0.5) is 24.5 Å². The third-order valence-corrected chi connectivity index (χ3v) is 6.35. The molecule has 0 radical (unpaired) electrons. The van der Waals surface area contributed by atoms with Crippen molar-refractivity contribution in [2.24, 2.45) is 0 Å². The van der Waals surface area contributed by atoms with E-state index in [4.69, 9.17) is 22.6 Å². The molecule has 0 aromatic heterocycles. The molecule has 2 aromatic carbocycles. The fourth-order valence-corrected chi connectivity index (χ4v) is 4.71.